The first-order chi connectivity index (χ1) is 12.7. The van der Waals surface area contributed by atoms with E-state index in [1.54, 1.807) is 11.8 Å². The minimum atomic E-state index is -0.194. The summed E-state index contributed by atoms with van der Waals surface area (Å²) in [7, 11) is 0. The van der Waals surface area contributed by atoms with E-state index in [-0.39, 0.29) is 12.5 Å². The van der Waals surface area contributed by atoms with Gasteiger partial charge in [-0.2, -0.15) is 0 Å². The number of ether oxygens (including phenoxy) is 1. The van der Waals surface area contributed by atoms with E-state index in [4.69, 9.17) is 9.15 Å². The maximum atomic E-state index is 12.1. The van der Waals surface area contributed by atoms with Crippen LogP contribution in [0.3, 0.4) is 0 Å². The molecule has 4 aromatic rings. The summed E-state index contributed by atoms with van der Waals surface area (Å²) in [6.45, 7) is -0.0508. The molecule has 4 nitrogen and oxygen atoms in total. The summed E-state index contributed by atoms with van der Waals surface area (Å²) in [5, 5.41) is 4.86. The van der Waals surface area contributed by atoms with Crippen molar-refractivity contribution in [2.45, 2.75) is 4.90 Å². The molecular weight excluding hydrogens is 346 g/mol. The topological polar surface area (TPSA) is 51.5 Å². The lowest BCUT2D eigenvalue weighted by Crippen LogP contribution is -2.20. The summed E-state index contributed by atoms with van der Waals surface area (Å²) < 4.78 is 11.5. The van der Waals surface area contributed by atoms with Crippen LogP contribution in [0.5, 0.6) is 5.75 Å². The predicted octanol–water partition coefficient (Wildman–Crippen LogP) is 5.33. The predicted molar refractivity (Wildman–Crippen MR) is 106 cm³/mol. The van der Waals surface area contributed by atoms with Crippen molar-refractivity contribution in [1.29, 1.82) is 0 Å². The van der Waals surface area contributed by atoms with Gasteiger partial charge in [-0.25, -0.2) is 0 Å². The number of nitrogens with one attached hydrogen (secondary N) is 1. The fraction of sp³-hybridized carbons (Fsp3) is 0.0952. The molecule has 1 heterocycles. The Hall–Kier alpha value is -2.92. The van der Waals surface area contributed by atoms with Gasteiger partial charge < -0.3 is 14.5 Å². The van der Waals surface area contributed by atoms with Crippen LogP contribution in [0.2, 0.25) is 0 Å². The van der Waals surface area contributed by atoms with Gasteiger partial charge in [0.05, 0.1) is 0 Å². The number of benzene rings is 3. The number of para-hydroxylation sites is 1. The number of rotatable bonds is 5. The van der Waals surface area contributed by atoms with E-state index in [0.29, 0.717) is 5.75 Å². The number of anilines is 1. The molecule has 0 saturated heterocycles. The largest absolute Gasteiger partial charge is 0.484 e. The van der Waals surface area contributed by atoms with E-state index in [1.807, 2.05) is 73.0 Å². The second kappa shape index (κ2) is 7.14. The average molecular weight is 363 g/mol. The third-order valence-corrected chi connectivity index (χ3v) is 4.80. The van der Waals surface area contributed by atoms with Gasteiger partial charge >= 0.3 is 0 Å². The number of hydrogen-bond acceptors (Lipinski definition) is 4. The van der Waals surface area contributed by atoms with Crippen LogP contribution in [0.1, 0.15) is 0 Å². The lowest BCUT2D eigenvalue weighted by Gasteiger charge is -2.08. The summed E-state index contributed by atoms with van der Waals surface area (Å²) in [4.78, 5) is 13.2. The van der Waals surface area contributed by atoms with Gasteiger partial charge in [-0.05, 0) is 48.7 Å². The molecule has 0 radical (unpaired) electrons. The number of furan rings is 1. The molecule has 0 aliphatic rings. The Kier molecular flexibility index (Phi) is 4.54. The van der Waals surface area contributed by atoms with E-state index in [1.165, 1.54) is 0 Å². The number of thioether (sulfide) groups is 1. The van der Waals surface area contributed by atoms with Crippen molar-refractivity contribution in [3.63, 3.8) is 0 Å². The summed E-state index contributed by atoms with van der Waals surface area (Å²) >= 11 is 1.63. The van der Waals surface area contributed by atoms with Gasteiger partial charge in [-0.3, -0.25) is 4.79 Å². The second-order valence-electron chi connectivity index (χ2n) is 5.82. The Morgan fingerprint density at radius 1 is 1.00 bits per heavy atom. The Labute approximate surface area is 155 Å². The fourth-order valence-electron chi connectivity index (χ4n) is 2.84. The smallest absolute Gasteiger partial charge is 0.262 e. The van der Waals surface area contributed by atoms with Crippen LogP contribution >= 0.6 is 11.8 Å². The fourth-order valence-corrected chi connectivity index (χ4v) is 3.30. The first-order valence-electron chi connectivity index (χ1n) is 8.21. The number of hydrogen-bond donors (Lipinski definition) is 1. The Bertz CT molecular complexity index is 1090. The molecular formula is C21H17NO3S. The van der Waals surface area contributed by atoms with Crippen LogP contribution < -0.4 is 10.1 Å². The van der Waals surface area contributed by atoms with Crippen LogP contribution in [-0.2, 0) is 4.79 Å². The molecule has 1 N–H and O–H groups in total. The van der Waals surface area contributed by atoms with E-state index in [2.05, 4.69) is 5.32 Å². The zero-order valence-corrected chi connectivity index (χ0v) is 15.0. The first kappa shape index (κ1) is 16.5. The summed E-state index contributed by atoms with van der Waals surface area (Å²) in [5.74, 6) is 0.442. The monoisotopic (exact) mass is 363 g/mol. The third-order valence-electron chi connectivity index (χ3n) is 4.07. The van der Waals surface area contributed by atoms with E-state index in [9.17, 15) is 4.79 Å². The van der Waals surface area contributed by atoms with E-state index >= 15 is 0 Å². The molecule has 4 rings (SSSR count). The van der Waals surface area contributed by atoms with Crippen molar-refractivity contribution < 1.29 is 13.9 Å². The number of amides is 1. The normalized spacial score (nSPS) is 11.0. The minimum absolute atomic E-state index is 0.0508. The molecule has 0 fully saturated rings. The molecule has 26 heavy (non-hydrogen) atoms. The minimum Gasteiger partial charge on any atom is -0.484 e. The molecule has 0 unspecified atom stereocenters. The molecule has 0 spiro atoms. The van der Waals surface area contributed by atoms with E-state index < -0.39 is 0 Å². The summed E-state index contributed by atoms with van der Waals surface area (Å²) in [6, 6.07) is 21.2. The highest BCUT2D eigenvalue weighted by atomic mass is 32.2. The molecule has 3 aromatic carbocycles. The molecule has 1 aromatic heterocycles. The molecule has 5 heteroatoms. The SMILES string of the molecule is CSc1cccc(NC(=O)COc2ccc3oc4ccccc4c3c2)c1. The Morgan fingerprint density at radius 2 is 1.85 bits per heavy atom. The summed E-state index contributed by atoms with van der Waals surface area (Å²) in [6.07, 6.45) is 2.00. The lowest BCUT2D eigenvalue weighted by molar-refractivity contribution is -0.118. The average Bonchev–Trinajstić information content (AvgIpc) is 3.04. The van der Waals surface area contributed by atoms with Crippen LogP contribution in [0.15, 0.2) is 76.0 Å². The standard InChI is InChI=1S/C21H17NO3S/c1-26-16-6-4-5-14(11-16)22-21(23)13-24-15-9-10-20-18(12-15)17-7-2-3-8-19(17)25-20/h2-12H,13H2,1H3,(H,22,23). The Balaban J connectivity index is 1.47. The first-order valence-corrected chi connectivity index (χ1v) is 9.43. The van der Waals surface area contributed by atoms with Crippen LogP contribution in [0.25, 0.3) is 21.9 Å². The maximum Gasteiger partial charge on any atom is 0.262 e. The molecule has 130 valence electrons. The van der Waals surface area contributed by atoms with Crippen molar-refractivity contribution in [3.8, 4) is 5.75 Å². The highest BCUT2D eigenvalue weighted by molar-refractivity contribution is 7.98. The lowest BCUT2D eigenvalue weighted by atomic mass is 10.1. The molecule has 1 amide bonds. The molecule has 0 atom stereocenters. The number of fused-ring (bicyclic) bond motifs is 3. The van der Waals surface area contributed by atoms with Gasteiger partial charge in [0.15, 0.2) is 6.61 Å². The Morgan fingerprint density at radius 3 is 2.73 bits per heavy atom. The van der Waals surface area contributed by atoms with Crippen molar-refractivity contribution in [3.05, 3.63) is 66.7 Å². The van der Waals surface area contributed by atoms with Gasteiger partial charge in [0.25, 0.3) is 5.91 Å². The van der Waals surface area contributed by atoms with Crippen LogP contribution in [-0.4, -0.2) is 18.8 Å². The van der Waals surface area contributed by atoms with Crippen molar-refractivity contribution in [2.24, 2.45) is 0 Å². The molecule has 0 aliphatic heterocycles. The third kappa shape index (κ3) is 3.39. The van der Waals surface area contributed by atoms with Crippen molar-refractivity contribution >= 4 is 45.3 Å². The van der Waals surface area contributed by atoms with E-state index in [0.717, 1.165) is 32.5 Å². The number of carbonyl (C=O) groups excluding carboxylic acids is 1. The van der Waals surface area contributed by atoms with Gasteiger partial charge in [0.1, 0.15) is 16.9 Å². The maximum absolute atomic E-state index is 12.1. The number of carbonyl (C=O) groups is 1. The van der Waals surface area contributed by atoms with Gasteiger partial charge in [0.2, 0.25) is 0 Å². The highest BCUT2D eigenvalue weighted by Gasteiger charge is 2.09. The summed E-state index contributed by atoms with van der Waals surface area (Å²) in [5.41, 5.74) is 2.41. The second-order valence-corrected chi connectivity index (χ2v) is 6.70. The molecule has 0 bridgehead atoms. The quantitative estimate of drug-likeness (QED) is 0.487. The van der Waals surface area contributed by atoms with Crippen LogP contribution in [0, 0.1) is 0 Å². The van der Waals surface area contributed by atoms with Gasteiger partial charge in [-0.15, -0.1) is 11.8 Å². The zero-order chi connectivity index (χ0) is 17.9. The zero-order valence-electron chi connectivity index (χ0n) is 14.2. The van der Waals surface area contributed by atoms with Crippen LogP contribution in [0.4, 0.5) is 5.69 Å². The van der Waals surface area contributed by atoms with Gasteiger partial charge in [-0.1, -0.05) is 24.3 Å². The highest BCUT2D eigenvalue weighted by Crippen LogP contribution is 2.31. The van der Waals surface area contributed by atoms with Crippen molar-refractivity contribution in [1.82, 2.24) is 0 Å². The van der Waals surface area contributed by atoms with Crippen molar-refractivity contribution in [2.75, 3.05) is 18.2 Å². The molecule has 0 saturated carbocycles. The molecule has 0 aliphatic carbocycles. The van der Waals surface area contributed by atoms with Gasteiger partial charge in [0, 0.05) is 21.4 Å².